The lowest BCUT2D eigenvalue weighted by molar-refractivity contribution is -0.312. The van der Waals surface area contributed by atoms with Crippen LogP contribution in [0.4, 0.5) is 0 Å². The van der Waals surface area contributed by atoms with Crippen LogP contribution in [0.25, 0.3) is 0 Å². The molecule has 0 radical (unpaired) electrons. The average molecular weight is 465 g/mol. The minimum absolute atomic E-state index is 0.0212. The molecule has 6 atom stereocenters. The SMILES string of the molecule is CC1(C)COC2(CCC3=C4C(CCC3C2)C2CC[C@H](O)[C@@]2(C)C[C@@H]4c2ccc(C=O)cc2)OC1. The van der Waals surface area contributed by atoms with Gasteiger partial charge in [-0.1, -0.05) is 56.2 Å². The van der Waals surface area contributed by atoms with Gasteiger partial charge < -0.3 is 14.6 Å². The Balaban J connectivity index is 1.38. The van der Waals surface area contributed by atoms with Crippen molar-refractivity contribution in [2.45, 2.75) is 89.9 Å². The van der Waals surface area contributed by atoms with Gasteiger partial charge in [0.05, 0.1) is 19.3 Å². The number of hydrogen-bond donors (Lipinski definition) is 1. The highest BCUT2D eigenvalue weighted by Gasteiger charge is 2.57. The molecular weight excluding hydrogens is 424 g/mol. The van der Waals surface area contributed by atoms with Crippen LogP contribution in [0.2, 0.25) is 0 Å². The summed E-state index contributed by atoms with van der Waals surface area (Å²) in [5.74, 6) is 1.62. The molecule has 1 N–H and O–H groups in total. The molecule has 1 heterocycles. The molecule has 4 heteroatoms. The van der Waals surface area contributed by atoms with E-state index in [0.29, 0.717) is 23.7 Å². The van der Waals surface area contributed by atoms with E-state index < -0.39 is 5.79 Å². The molecule has 1 aromatic carbocycles. The molecule has 5 aliphatic rings. The lowest BCUT2D eigenvalue weighted by atomic mass is 9.52. The number of fused-ring (bicyclic) bond motifs is 4. The molecule has 1 aromatic rings. The number of carbonyl (C=O) groups excluding carboxylic acids is 1. The second-order valence-electron chi connectivity index (χ2n) is 13.0. The molecule has 6 rings (SSSR count). The number of carbonyl (C=O) groups is 1. The Morgan fingerprint density at radius 3 is 2.41 bits per heavy atom. The normalized spacial score (nSPS) is 40.4. The predicted molar refractivity (Wildman–Crippen MR) is 132 cm³/mol. The van der Waals surface area contributed by atoms with Gasteiger partial charge in [-0.3, -0.25) is 4.79 Å². The van der Waals surface area contributed by atoms with E-state index in [4.69, 9.17) is 9.47 Å². The van der Waals surface area contributed by atoms with Crippen LogP contribution in [0, 0.1) is 28.6 Å². The minimum Gasteiger partial charge on any atom is -0.393 e. The molecule has 1 saturated heterocycles. The zero-order chi connectivity index (χ0) is 23.7. The predicted octanol–water partition coefficient (Wildman–Crippen LogP) is 6.04. The molecule has 34 heavy (non-hydrogen) atoms. The second kappa shape index (κ2) is 8.01. The highest BCUT2D eigenvalue weighted by molar-refractivity contribution is 5.74. The van der Waals surface area contributed by atoms with Gasteiger partial charge in [-0.05, 0) is 67.3 Å². The maximum absolute atomic E-state index is 11.3. The first-order chi connectivity index (χ1) is 16.2. The monoisotopic (exact) mass is 464 g/mol. The summed E-state index contributed by atoms with van der Waals surface area (Å²) < 4.78 is 12.9. The van der Waals surface area contributed by atoms with Crippen LogP contribution in [0.15, 0.2) is 35.4 Å². The molecule has 1 aliphatic heterocycles. The Morgan fingerprint density at radius 1 is 0.971 bits per heavy atom. The summed E-state index contributed by atoms with van der Waals surface area (Å²) in [5.41, 5.74) is 5.47. The van der Waals surface area contributed by atoms with E-state index in [2.05, 4.69) is 32.9 Å². The summed E-state index contributed by atoms with van der Waals surface area (Å²) in [7, 11) is 0. The highest BCUT2D eigenvalue weighted by atomic mass is 16.7. The van der Waals surface area contributed by atoms with E-state index in [1.807, 2.05) is 12.1 Å². The van der Waals surface area contributed by atoms with Crippen LogP contribution < -0.4 is 0 Å². The van der Waals surface area contributed by atoms with Gasteiger partial charge in [0.1, 0.15) is 6.29 Å². The minimum atomic E-state index is -0.398. The van der Waals surface area contributed by atoms with Crippen LogP contribution in [0.3, 0.4) is 0 Å². The number of allylic oxidation sites excluding steroid dienone is 2. The summed E-state index contributed by atoms with van der Waals surface area (Å²) >= 11 is 0. The van der Waals surface area contributed by atoms with Gasteiger partial charge in [0, 0.05) is 29.7 Å². The summed E-state index contributed by atoms with van der Waals surface area (Å²) in [6.45, 7) is 8.33. The molecule has 4 nitrogen and oxygen atoms in total. The molecule has 3 unspecified atom stereocenters. The third-order valence-corrected chi connectivity index (χ3v) is 10.2. The first-order valence-electron chi connectivity index (χ1n) is 13.5. The van der Waals surface area contributed by atoms with Crippen molar-refractivity contribution in [1.29, 1.82) is 0 Å². The smallest absolute Gasteiger partial charge is 0.169 e. The van der Waals surface area contributed by atoms with E-state index in [0.717, 1.165) is 63.6 Å². The fourth-order valence-corrected chi connectivity index (χ4v) is 8.31. The fraction of sp³-hybridized carbons (Fsp3) is 0.700. The molecule has 3 saturated carbocycles. The Bertz CT molecular complexity index is 982. The Labute approximate surface area is 204 Å². The lowest BCUT2D eigenvalue weighted by Gasteiger charge is -2.55. The third kappa shape index (κ3) is 3.55. The average Bonchev–Trinajstić information content (AvgIpc) is 3.14. The maximum atomic E-state index is 11.3. The van der Waals surface area contributed by atoms with E-state index >= 15 is 0 Å². The van der Waals surface area contributed by atoms with E-state index in [9.17, 15) is 9.90 Å². The molecule has 0 aromatic heterocycles. The molecule has 0 amide bonds. The van der Waals surface area contributed by atoms with E-state index in [1.54, 1.807) is 11.1 Å². The van der Waals surface area contributed by atoms with Crippen molar-refractivity contribution >= 4 is 6.29 Å². The zero-order valence-electron chi connectivity index (χ0n) is 21.0. The van der Waals surface area contributed by atoms with Crippen LogP contribution >= 0.6 is 0 Å². The van der Waals surface area contributed by atoms with Gasteiger partial charge in [-0.15, -0.1) is 0 Å². The van der Waals surface area contributed by atoms with Gasteiger partial charge in [0.25, 0.3) is 0 Å². The number of aliphatic hydroxyl groups excluding tert-OH is 1. The van der Waals surface area contributed by atoms with Crippen molar-refractivity contribution in [3.8, 4) is 0 Å². The molecule has 4 aliphatic carbocycles. The number of benzene rings is 1. The first kappa shape index (κ1) is 22.9. The van der Waals surface area contributed by atoms with Gasteiger partial charge in [-0.25, -0.2) is 0 Å². The summed E-state index contributed by atoms with van der Waals surface area (Å²) in [6, 6.07) is 8.24. The standard InChI is InChI=1S/C30H40O4/c1-28(2)17-33-30(34-18-28)13-12-22-21(14-30)8-9-23-25-10-11-26(32)29(25,3)15-24(27(22)23)20-6-4-19(16-31)5-7-20/h4-7,16,21,23-26,32H,8-15,17-18H2,1-3H3/t21?,23?,24-,25?,26+,29+/m1/s1. The van der Waals surface area contributed by atoms with Gasteiger partial charge in [-0.2, -0.15) is 0 Å². The van der Waals surface area contributed by atoms with Crippen molar-refractivity contribution in [3.63, 3.8) is 0 Å². The number of aldehydes is 1. The lowest BCUT2D eigenvalue weighted by Crippen LogP contribution is -2.52. The topological polar surface area (TPSA) is 55.8 Å². The van der Waals surface area contributed by atoms with Crippen LogP contribution in [-0.4, -0.2) is 36.5 Å². The maximum Gasteiger partial charge on any atom is 0.169 e. The van der Waals surface area contributed by atoms with Crippen LogP contribution in [0.1, 0.15) is 94.0 Å². The van der Waals surface area contributed by atoms with Crippen molar-refractivity contribution in [1.82, 2.24) is 0 Å². The third-order valence-electron chi connectivity index (χ3n) is 10.2. The van der Waals surface area contributed by atoms with Gasteiger partial charge in [0.15, 0.2) is 5.79 Å². The number of rotatable bonds is 2. The largest absolute Gasteiger partial charge is 0.393 e. The highest BCUT2D eigenvalue weighted by Crippen LogP contribution is 2.64. The quantitative estimate of drug-likeness (QED) is 0.428. The summed E-state index contributed by atoms with van der Waals surface area (Å²) in [5, 5.41) is 11.1. The molecule has 4 fully saturated rings. The van der Waals surface area contributed by atoms with Crippen molar-refractivity contribution < 1.29 is 19.4 Å². The van der Waals surface area contributed by atoms with Crippen LogP contribution in [-0.2, 0) is 9.47 Å². The Kier molecular flexibility index (Phi) is 5.41. The number of ether oxygens (including phenoxy) is 2. The van der Waals surface area contributed by atoms with Crippen molar-refractivity contribution in [3.05, 3.63) is 46.5 Å². The summed E-state index contributed by atoms with van der Waals surface area (Å²) in [6.07, 6.45) is 9.22. The number of hydrogen-bond acceptors (Lipinski definition) is 4. The summed E-state index contributed by atoms with van der Waals surface area (Å²) in [4.78, 5) is 11.3. The second-order valence-corrected chi connectivity index (χ2v) is 13.0. The molecular formula is C30H40O4. The fourth-order valence-electron chi connectivity index (χ4n) is 8.31. The van der Waals surface area contributed by atoms with Crippen LogP contribution in [0.5, 0.6) is 0 Å². The van der Waals surface area contributed by atoms with Crippen molar-refractivity contribution in [2.75, 3.05) is 13.2 Å². The van der Waals surface area contributed by atoms with E-state index in [1.165, 1.54) is 18.4 Å². The number of aliphatic hydroxyl groups is 1. The Morgan fingerprint density at radius 2 is 1.71 bits per heavy atom. The first-order valence-corrected chi connectivity index (χ1v) is 13.5. The van der Waals surface area contributed by atoms with Gasteiger partial charge in [0.2, 0.25) is 0 Å². The zero-order valence-corrected chi connectivity index (χ0v) is 21.0. The Hall–Kier alpha value is -1.49. The van der Waals surface area contributed by atoms with Gasteiger partial charge >= 0.3 is 0 Å². The molecule has 0 bridgehead atoms. The molecule has 184 valence electrons. The van der Waals surface area contributed by atoms with E-state index in [-0.39, 0.29) is 16.9 Å². The van der Waals surface area contributed by atoms with Crippen molar-refractivity contribution in [2.24, 2.45) is 28.6 Å². The molecule has 1 spiro atoms.